The summed E-state index contributed by atoms with van der Waals surface area (Å²) in [6.45, 7) is 7.57. The number of nitrogens with zero attached hydrogens (tertiary/aromatic N) is 1. The normalized spacial score (nSPS) is 14.9. The molecule has 0 aliphatic carbocycles. The van der Waals surface area contributed by atoms with E-state index in [1.165, 1.54) is 18.4 Å². The minimum Gasteiger partial charge on any atom is -0.329 e. The van der Waals surface area contributed by atoms with Crippen molar-refractivity contribution in [3.8, 4) is 0 Å². The summed E-state index contributed by atoms with van der Waals surface area (Å²) in [6, 6.07) is 11.9. The van der Waals surface area contributed by atoms with Crippen molar-refractivity contribution in [3.63, 3.8) is 0 Å². The smallest absolute Gasteiger partial charge is 0.0224 e. The monoisotopic (exact) mass is 262 g/mol. The van der Waals surface area contributed by atoms with Crippen molar-refractivity contribution in [1.29, 1.82) is 0 Å². The summed E-state index contributed by atoms with van der Waals surface area (Å²) in [4.78, 5) is 2.49. The zero-order chi connectivity index (χ0) is 14.3. The van der Waals surface area contributed by atoms with Crippen molar-refractivity contribution in [2.45, 2.75) is 58.0 Å². The van der Waals surface area contributed by atoms with Crippen LogP contribution in [0.4, 0.5) is 0 Å². The van der Waals surface area contributed by atoms with E-state index in [-0.39, 0.29) is 0 Å². The minimum atomic E-state index is 0.472. The first-order valence-corrected chi connectivity index (χ1v) is 7.60. The predicted octanol–water partition coefficient (Wildman–Crippen LogP) is 3.63. The van der Waals surface area contributed by atoms with Crippen LogP contribution in [-0.4, -0.2) is 30.6 Å². The Morgan fingerprint density at radius 3 is 2.11 bits per heavy atom. The van der Waals surface area contributed by atoms with Gasteiger partial charge >= 0.3 is 0 Å². The van der Waals surface area contributed by atoms with E-state index in [4.69, 9.17) is 5.73 Å². The molecular formula is C17H30N2. The molecule has 0 saturated carbocycles. The molecule has 2 atom stereocenters. The Kier molecular flexibility index (Phi) is 7.11. The van der Waals surface area contributed by atoms with E-state index in [0.717, 1.165) is 13.0 Å². The van der Waals surface area contributed by atoms with Gasteiger partial charge in [0.25, 0.3) is 0 Å². The van der Waals surface area contributed by atoms with Crippen molar-refractivity contribution in [2.24, 2.45) is 5.73 Å². The average molecular weight is 262 g/mol. The van der Waals surface area contributed by atoms with E-state index in [1.54, 1.807) is 0 Å². The van der Waals surface area contributed by atoms with E-state index in [1.807, 2.05) is 0 Å². The van der Waals surface area contributed by atoms with Gasteiger partial charge in [-0.15, -0.1) is 0 Å². The van der Waals surface area contributed by atoms with Gasteiger partial charge in [-0.3, -0.25) is 4.90 Å². The molecule has 2 N–H and O–H groups in total. The molecule has 0 aliphatic rings. The first-order chi connectivity index (χ1) is 9.13. The van der Waals surface area contributed by atoms with Crippen LogP contribution in [0.2, 0.25) is 0 Å². The molecule has 19 heavy (non-hydrogen) atoms. The molecule has 1 rings (SSSR count). The summed E-state index contributed by atoms with van der Waals surface area (Å²) in [6.07, 6.45) is 3.53. The van der Waals surface area contributed by atoms with Crippen LogP contribution >= 0.6 is 0 Å². The quantitative estimate of drug-likeness (QED) is 0.775. The van der Waals surface area contributed by atoms with Crippen molar-refractivity contribution >= 4 is 0 Å². The van der Waals surface area contributed by atoms with E-state index in [9.17, 15) is 0 Å². The summed E-state index contributed by atoms with van der Waals surface area (Å²) in [5.74, 6) is 0.562. The van der Waals surface area contributed by atoms with Crippen molar-refractivity contribution in [1.82, 2.24) is 4.90 Å². The Hall–Kier alpha value is -0.860. The molecule has 108 valence electrons. The molecule has 2 nitrogen and oxygen atoms in total. The van der Waals surface area contributed by atoms with E-state index < -0.39 is 0 Å². The molecular weight excluding hydrogens is 232 g/mol. The highest BCUT2D eigenvalue weighted by atomic mass is 15.2. The molecule has 0 amide bonds. The summed E-state index contributed by atoms with van der Waals surface area (Å²) in [5.41, 5.74) is 7.42. The standard InChI is InChI=1S/C17H30N2/c1-5-16(6-2)19(4)17(13-18)12-14(3)15-10-8-7-9-11-15/h7-11,14,16-17H,5-6,12-13,18H2,1-4H3. The lowest BCUT2D eigenvalue weighted by Crippen LogP contribution is -2.44. The van der Waals surface area contributed by atoms with Gasteiger partial charge < -0.3 is 5.73 Å². The van der Waals surface area contributed by atoms with Crippen LogP contribution in [0.5, 0.6) is 0 Å². The van der Waals surface area contributed by atoms with E-state index in [2.05, 4.69) is 63.1 Å². The Morgan fingerprint density at radius 2 is 1.63 bits per heavy atom. The molecule has 0 aliphatic heterocycles. The first-order valence-electron chi connectivity index (χ1n) is 7.60. The fraction of sp³-hybridized carbons (Fsp3) is 0.647. The zero-order valence-corrected chi connectivity index (χ0v) is 13.0. The third-order valence-electron chi connectivity index (χ3n) is 4.36. The summed E-state index contributed by atoms with van der Waals surface area (Å²) >= 11 is 0. The van der Waals surface area contributed by atoms with Crippen LogP contribution in [0.25, 0.3) is 0 Å². The lowest BCUT2D eigenvalue weighted by atomic mass is 9.92. The second kappa shape index (κ2) is 8.34. The maximum Gasteiger partial charge on any atom is 0.0224 e. The van der Waals surface area contributed by atoms with Crippen LogP contribution in [0.3, 0.4) is 0 Å². The highest BCUT2D eigenvalue weighted by molar-refractivity contribution is 5.18. The highest BCUT2D eigenvalue weighted by Gasteiger charge is 2.21. The summed E-state index contributed by atoms with van der Waals surface area (Å²) in [5, 5.41) is 0. The summed E-state index contributed by atoms with van der Waals surface area (Å²) in [7, 11) is 2.23. The number of rotatable bonds is 8. The van der Waals surface area contributed by atoms with Gasteiger partial charge in [0, 0.05) is 18.6 Å². The topological polar surface area (TPSA) is 29.3 Å². The second-order valence-corrected chi connectivity index (χ2v) is 5.57. The highest BCUT2D eigenvalue weighted by Crippen LogP contribution is 2.23. The number of hydrogen-bond acceptors (Lipinski definition) is 2. The largest absolute Gasteiger partial charge is 0.329 e. The number of likely N-dealkylation sites (N-methyl/N-ethyl adjacent to an activating group) is 1. The maximum absolute atomic E-state index is 6.01. The van der Waals surface area contributed by atoms with Crippen LogP contribution in [0.15, 0.2) is 30.3 Å². The molecule has 2 unspecified atom stereocenters. The van der Waals surface area contributed by atoms with Gasteiger partial charge in [0.05, 0.1) is 0 Å². The van der Waals surface area contributed by atoms with Crippen molar-refractivity contribution in [3.05, 3.63) is 35.9 Å². The van der Waals surface area contributed by atoms with Crippen LogP contribution in [0.1, 0.15) is 51.5 Å². The lowest BCUT2D eigenvalue weighted by molar-refractivity contribution is 0.154. The fourth-order valence-electron chi connectivity index (χ4n) is 2.92. The van der Waals surface area contributed by atoms with Crippen LogP contribution in [0, 0.1) is 0 Å². The van der Waals surface area contributed by atoms with E-state index in [0.29, 0.717) is 18.0 Å². The molecule has 0 spiro atoms. The molecule has 0 heterocycles. The average Bonchev–Trinajstić information content (AvgIpc) is 2.46. The lowest BCUT2D eigenvalue weighted by Gasteiger charge is -2.35. The Labute approximate surface area is 119 Å². The summed E-state index contributed by atoms with van der Waals surface area (Å²) < 4.78 is 0. The Bertz CT molecular complexity index is 332. The molecule has 0 radical (unpaired) electrons. The predicted molar refractivity (Wildman–Crippen MR) is 84.4 cm³/mol. The first kappa shape index (κ1) is 16.2. The zero-order valence-electron chi connectivity index (χ0n) is 13.0. The third kappa shape index (κ3) is 4.63. The van der Waals surface area contributed by atoms with Gasteiger partial charge in [-0.1, -0.05) is 51.1 Å². The molecule has 0 fully saturated rings. The van der Waals surface area contributed by atoms with Crippen LogP contribution in [-0.2, 0) is 0 Å². The molecule has 1 aromatic rings. The van der Waals surface area contributed by atoms with Gasteiger partial charge in [-0.25, -0.2) is 0 Å². The van der Waals surface area contributed by atoms with Crippen molar-refractivity contribution in [2.75, 3.05) is 13.6 Å². The van der Waals surface area contributed by atoms with Gasteiger partial charge in [0.1, 0.15) is 0 Å². The number of hydrogen-bond donors (Lipinski definition) is 1. The second-order valence-electron chi connectivity index (χ2n) is 5.57. The number of benzene rings is 1. The van der Waals surface area contributed by atoms with Gasteiger partial charge in [-0.2, -0.15) is 0 Å². The Morgan fingerprint density at radius 1 is 1.05 bits per heavy atom. The van der Waals surface area contributed by atoms with Crippen molar-refractivity contribution < 1.29 is 0 Å². The van der Waals surface area contributed by atoms with Gasteiger partial charge in [0.15, 0.2) is 0 Å². The third-order valence-corrected chi connectivity index (χ3v) is 4.36. The molecule has 0 aromatic heterocycles. The number of nitrogens with two attached hydrogens (primary N) is 1. The fourth-order valence-corrected chi connectivity index (χ4v) is 2.92. The Balaban J connectivity index is 2.66. The molecule has 1 aromatic carbocycles. The van der Waals surface area contributed by atoms with Crippen LogP contribution < -0.4 is 5.73 Å². The maximum atomic E-state index is 6.01. The SMILES string of the molecule is CCC(CC)N(C)C(CN)CC(C)c1ccccc1. The minimum absolute atomic E-state index is 0.472. The van der Waals surface area contributed by atoms with E-state index >= 15 is 0 Å². The molecule has 0 bridgehead atoms. The molecule has 2 heteroatoms. The molecule has 0 saturated heterocycles. The van der Waals surface area contributed by atoms with Gasteiger partial charge in [-0.05, 0) is 37.8 Å². The van der Waals surface area contributed by atoms with Gasteiger partial charge in [0.2, 0.25) is 0 Å².